The molecule has 5 nitrogen and oxygen atoms in total. The first-order valence-electron chi connectivity index (χ1n) is 17.9. The minimum Gasteiger partial charge on any atom is -0.463 e. The Morgan fingerprint density at radius 1 is 0.500 bits per heavy atom. The Morgan fingerprint density at radius 3 is 1.26 bits per heavy atom. The van der Waals surface area contributed by atoms with Crippen LogP contribution < -0.4 is 0 Å². The van der Waals surface area contributed by atoms with Gasteiger partial charge in [-0.25, -0.2) is 0 Å². The van der Waals surface area contributed by atoms with Crippen molar-refractivity contribution in [3.63, 3.8) is 0 Å². The van der Waals surface area contributed by atoms with E-state index in [0.29, 0.717) is 12.8 Å². The van der Waals surface area contributed by atoms with Crippen molar-refractivity contribution in [2.45, 2.75) is 187 Å². The molecular weight excluding hydrogens is 524 g/mol. The summed E-state index contributed by atoms with van der Waals surface area (Å²) >= 11 is 0. The monoisotopic (exact) mass is 593 g/mol. The first-order chi connectivity index (χ1) is 20.6. The molecule has 0 aromatic rings. The second-order valence-corrected chi connectivity index (χ2v) is 12.0. The van der Waals surface area contributed by atoms with Crippen molar-refractivity contribution >= 4 is 11.9 Å². The van der Waals surface area contributed by atoms with Crippen LogP contribution in [0.1, 0.15) is 181 Å². The van der Waals surface area contributed by atoms with E-state index in [1.165, 1.54) is 109 Å². The van der Waals surface area contributed by atoms with Crippen LogP contribution in [0.4, 0.5) is 0 Å². The summed E-state index contributed by atoms with van der Waals surface area (Å²) in [5.41, 5.74) is 0. The number of aliphatic hydroxyl groups is 1. The molecule has 5 heteroatoms. The molecule has 0 rings (SSSR count). The molecule has 0 aromatic heterocycles. The zero-order valence-electron chi connectivity index (χ0n) is 27.8. The first-order valence-corrected chi connectivity index (χ1v) is 17.9. The van der Waals surface area contributed by atoms with Crippen LogP contribution in [0.15, 0.2) is 24.3 Å². The first kappa shape index (κ1) is 40.4. The van der Waals surface area contributed by atoms with Gasteiger partial charge >= 0.3 is 11.9 Å². The molecule has 0 aliphatic heterocycles. The van der Waals surface area contributed by atoms with Crippen LogP contribution in [0.5, 0.6) is 0 Å². The quantitative estimate of drug-likeness (QED) is 0.0478. The summed E-state index contributed by atoms with van der Waals surface area (Å²) in [5, 5.41) is 9.97. The number of unbranched alkanes of at least 4 members (excludes halogenated alkanes) is 20. The molecule has 1 atom stereocenters. The zero-order chi connectivity index (χ0) is 30.8. The molecule has 0 aliphatic rings. The van der Waals surface area contributed by atoms with Crippen molar-refractivity contribution in [3.8, 4) is 0 Å². The number of carbonyl (C=O) groups is 2. The van der Waals surface area contributed by atoms with Crippen molar-refractivity contribution in [2.24, 2.45) is 0 Å². The van der Waals surface area contributed by atoms with Gasteiger partial charge in [-0.05, 0) is 44.9 Å². The number of aliphatic hydroxyl groups excluding tert-OH is 1. The zero-order valence-corrected chi connectivity index (χ0v) is 27.8. The number of carbonyl (C=O) groups excluding carboxylic acids is 2. The molecule has 1 N–H and O–H groups in total. The number of hydrogen-bond acceptors (Lipinski definition) is 5. The summed E-state index contributed by atoms with van der Waals surface area (Å²) in [4.78, 5) is 23.8. The van der Waals surface area contributed by atoms with E-state index in [9.17, 15) is 14.7 Å². The van der Waals surface area contributed by atoms with Gasteiger partial charge in [0.25, 0.3) is 0 Å². The molecule has 0 unspecified atom stereocenters. The summed E-state index contributed by atoms with van der Waals surface area (Å²) in [6, 6.07) is 0. The second-order valence-electron chi connectivity index (χ2n) is 12.0. The summed E-state index contributed by atoms with van der Waals surface area (Å²) < 4.78 is 10.3. The van der Waals surface area contributed by atoms with Gasteiger partial charge in [0.05, 0.1) is 0 Å². The molecule has 0 radical (unpaired) electrons. The third-order valence-corrected chi connectivity index (χ3v) is 7.69. The third-order valence-electron chi connectivity index (χ3n) is 7.69. The maximum Gasteiger partial charge on any atom is 0.305 e. The number of hydrogen-bond donors (Lipinski definition) is 1. The molecule has 0 bridgehead atoms. The minimum atomic E-state index is -0.961. The van der Waals surface area contributed by atoms with Gasteiger partial charge in [-0.3, -0.25) is 9.59 Å². The molecule has 246 valence electrons. The van der Waals surface area contributed by atoms with Gasteiger partial charge in [0, 0.05) is 12.8 Å². The van der Waals surface area contributed by atoms with E-state index in [-0.39, 0.29) is 25.2 Å². The predicted octanol–water partition coefficient (Wildman–Crippen LogP) is 10.7. The number of rotatable bonds is 32. The highest BCUT2D eigenvalue weighted by atomic mass is 16.6. The van der Waals surface area contributed by atoms with Gasteiger partial charge in [0.1, 0.15) is 19.3 Å². The highest BCUT2D eigenvalue weighted by Gasteiger charge is 2.12. The van der Waals surface area contributed by atoms with E-state index in [0.717, 1.165) is 44.9 Å². The highest BCUT2D eigenvalue weighted by Crippen LogP contribution is 2.13. The van der Waals surface area contributed by atoms with Crippen LogP contribution >= 0.6 is 0 Å². The van der Waals surface area contributed by atoms with Gasteiger partial charge in [-0.2, -0.15) is 0 Å². The summed E-state index contributed by atoms with van der Waals surface area (Å²) in [5.74, 6) is -0.572. The van der Waals surface area contributed by atoms with Crippen LogP contribution in [0.2, 0.25) is 0 Å². The van der Waals surface area contributed by atoms with Crippen molar-refractivity contribution in [3.05, 3.63) is 24.3 Å². The molecule has 42 heavy (non-hydrogen) atoms. The number of ether oxygens (including phenoxy) is 2. The van der Waals surface area contributed by atoms with Crippen molar-refractivity contribution in [1.29, 1.82) is 0 Å². The van der Waals surface area contributed by atoms with Gasteiger partial charge in [0.15, 0.2) is 0 Å². The fourth-order valence-electron chi connectivity index (χ4n) is 4.94. The largest absolute Gasteiger partial charge is 0.463 e. The van der Waals surface area contributed by atoms with Crippen LogP contribution in [0.3, 0.4) is 0 Å². The normalized spacial score (nSPS) is 12.4. The minimum absolute atomic E-state index is 0.115. The molecule has 0 heterocycles. The Balaban J connectivity index is 3.44. The molecule has 0 saturated heterocycles. The van der Waals surface area contributed by atoms with Crippen LogP contribution in [-0.2, 0) is 19.1 Å². The standard InChI is InChI=1S/C37H68O5/c1-3-5-7-9-11-13-15-16-17-18-19-20-22-24-26-28-30-32-37(40)42-34-35(38)33-41-36(39)31-29-27-25-23-21-14-12-10-8-6-4-2/h11,13,16-17,35,38H,3-10,12,14-15,18-34H2,1-2H3/b13-11-,17-16-/t35-/m1/s1. The SMILES string of the molecule is CCCCC/C=C\C/C=C\CCCCCCCCCC(=O)OC[C@H](O)COC(=O)CCCCCCCCCCCCC. The number of allylic oxidation sites excluding steroid dienone is 4. The summed E-state index contributed by atoms with van der Waals surface area (Å²) in [7, 11) is 0. The Labute approximate surface area is 260 Å². The van der Waals surface area contributed by atoms with E-state index < -0.39 is 6.10 Å². The van der Waals surface area contributed by atoms with Crippen LogP contribution in [0, 0.1) is 0 Å². The van der Waals surface area contributed by atoms with E-state index in [1.54, 1.807) is 0 Å². The van der Waals surface area contributed by atoms with Crippen LogP contribution in [-0.4, -0.2) is 36.4 Å². The maximum absolute atomic E-state index is 11.9. The second kappa shape index (κ2) is 33.9. The molecule has 0 aliphatic carbocycles. The van der Waals surface area contributed by atoms with E-state index >= 15 is 0 Å². The Hall–Kier alpha value is -1.62. The Morgan fingerprint density at radius 2 is 0.833 bits per heavy atom. The fourth-order valence-corrected chi connectivity index (χ4v) is 4.94. The lowest BCUT2D eigenvalue weighted by Crippen LogP contribution is -2.25. The van der Waals surface area contributed by atoms with Crippen LogP contribution in [0.25, 0.3) is 0 Å². The molecule has 0 saturated carbocycles. The summed E-state index contributed by atoms with van der Waals surface area (Å²) in [6.07, 6.45) is 37.9. The third kappa shape index (κ3) is 32.9. The predicted molar refractivity (Wildman–Crippen MR) is 178 cm³/mol. The fraction of sp³-hybridized carbons (Fsp3) is 0.838. The average Bonchev–Trinajstić information content (AvgIpc) is 2.99. The van der Waals surface area contributed by atoms with E-state index in [4.69, 9.17) is 9.47 Å². The van der Waals surface area contributed by atoms with Crippen molar-refractivity contribution in [2.75, 3.05) is 13.2 Å². The Bertz CT molecular complexity index is 642. The molecule has 0 spiro atoms. The molecule has 0 fully saturated rings. The average molecular weight is 593 g/mol. The van der Waals surface area contributed by atoms with Gasteiger partial charge in [0.2, 0.25) is 0 Å². The lowest BCUT2D eigenvalue weighted by Gasteiger charge is -2.12. The van der Waals surface area contributed by atoms with E-state index in [1.807, 2.05) is 0 Å². The maximum atomic E-state index is 11.9. The van der Waals surface area contributed by atoms with Gasteiger partial charge < -0.3 is 14.6 Å². The highest BCUT2D eigenvalue weighted by molar-refractivity contribution is 5.69. The van der Waals surface area contributed by atoms with E-state index in [2.05, 4.69) is 38.2 Å². The Kier molecular flexibility index (Phi) is 32.6. The summed E-state index contributed by atoms with van der Waals surface area (Å²) in [6.45, 7) is 4.26. The molecule has 0 amide bonds. The van der Waals surface area contributed by atoms with Crippen molar-refractivity contribution < 1.29 is 24.2 Å². The van der Waals surface area contributed by atoms with Gasteiger partial charge in [-0.1, -0.05) is 147 Å². The lowest BCUT2D eigenvalue weighted by molar-refractivity contribution is -0.152. The smallest absolute Gasteiger partial charge is 0.305 e. The lowest BCUT2D eigenvalue weighted by atomic mass is 10.1. The number of esters is 2. The molecular formula is C37H68O5. The van der Waals surface area contributed by atoms with Gasteiger partial charge in [-0.15, -0.1) is 0 Å². The molecule has 0 aromatic carbocycles. The van der Waals surface area contributed by atoms with Crippen molar-refractivity contribution in [1.82, 2.24) is 0 Å². The topological polar surface area (TPSA) is 72.8 Å².